The third-order valence-corrected chi connectivity index (χ3v) is 7.72. The molecule has 0 aliphatic heterocycles. The number of hydrogen-bond donors (Lipinski definition) is 1. The molecule has 9 heteroatoms. The number of carbonyl (C=O) groups excluding carboxylic acids is 1. The molecule has 1 unspecified atom stereocenters. The van der Waals surface area contributed by atoms with Crippen molar-refractivity contribution in [1.29, 1.82) is 0 Å². The molecule has 0 bridgehead atoms. The minimum absolute atomic E-state index is 0.0914. The molecule has 180 valence electrons. The molecule has 1 atom stereocenters. The summed E-state index contributed by atoms with van der Waals surface area (Å²) in [5.41, 5.74) is 2.24. The van der Waals surface area contributed by atoms with Gasteiger partial charge in [-0.05, 0) is 49.7 Å². The summed E-state index contributed by atoms with van der Waals surface area (Å²) in [6.45, 7) is 3.19. The van der Waals surface area contributed by atoms with E-state index in [0.717, 1.165) is 15.4 Å². The molecule has 3 rings (SSSR count). The highest BCUT2D eigenvalue weighted by atomic mass is 35.5. The van der Waals surface area contributed by atoms with E-state index < -0.39 is 28.5 Å². The van der Waals surface area contributed by atoms with Crippen molar-refractivity contribution in [2.24, 2.45) is 0 Å². The average molecular weight is 521 g/mol. The van der Waals surface area contributed by atoms with Gasteiger partial charge in [0.2, 0.25) is 15.9 Å². The van der Waals surface area contributed by atoms with E-state index in [2.05, 4.69) is 5.32 Å². The van der Waals surface area contributed by atoms with Gasteiger partial charge in [-0.15, -0.1) is 0 Å². The number of rotatable bonds is 9. The molecule has 0 radical (unpaired) electrons. The fourth-order valence-electron chi connectivity index (χ4n) is 3.47. The average Bonchev–Trinajstić information content (AvgIpc) is 2.80. The van der Waals surface area contributed by atoms with Crippen LogP contribution in [0.2, 0.25) is 10.0 Å². The van der Waals surface area contributed by atoms with E-state index in [1.54, 1.807) is 43.5 Å². The molecule has 0 heterocycles. The van der Waals surface area contributed by atoms with Gasteiger partial charge in [0.1, 0.15) is 5.75 Å². The van der Waals surface area contributed by atoms with Gasteiger partial charge in [0, 0.05) is 22.2 Å². The second-order valence-electron chi connectivity index (χ2n) is 7.85. The molecule has 1 amide bonds. The lowest BCUT2D eigenvalue weighted by Gasteiger charge is -2.24. The number of methoxy groups -OCH3 is 1. The van der Waals surface area contributed by atoms with Crippen molar-refractivity contribution in [3.8, 4) is 5.75 Å². The summed E-state index contributed by atoms with van der Waals surface area (Å²) in [7, 11) is -2.44. The van der Waals surface area contributed by atoms with Crippen molar-refractivity contribution in [1.82, 2.24) is 9.62 Å². The molecule has 0 spiro atoms. The molecule has 3 aromatic rings. The molecular weight excluding hydrogens is 495 g/mol. The Bertz CT molecular complexity index is 1260. The van der Waals surface area contributed by atoms with Gasteiger partial charge in [-0.1, -0.05) is 65.2 Å². The Kier molecular flexibility index (Phi) is 8.60. The zero-order valence-corrected chi connectivity index (χ0v) is 21.4. The van der Waals surface area contributed by atoms with Crippen molar-refractivity contribution in [2.45, 2.75) is 31.3 Å². The van der Waals surface area contributed by atoms with Crippen molar-refractivity contribution in [3.63, 3.8) is 0 Å². The number of aryl methyl sites for hydroxylation is 1. The Balaban J connectivity index is 1.88. The van der Waals surface area contributed by atoms with Crippen molar-refractivity contribution < 1.29 is 17.9 Å². The number of benzene rings is 3. The Morgan fingerprint density at radius 2 is 1.74 bits per heavy atom. The van der Waals surface area contributed by atoms with Crippen LogP contribution in [-0.4, -0.2) is 32.3 Å². The van der Waals surface area contributed by atoms with Crippen LogP contribution in [0.1, 0.15) is 29.7 Å². The standard InChI is InChI=1S/C25H26Cl2N2O4S/c1-17-8-12-21(13-9-17)34(31,32)29(15-19-10-11-20(26)14-23(19)27)16-25(30)28-18(2)22-6-4-5-7-24(22)33-3/h4-14,18H,15-16H2,1-3H3,(H,28,30). The van der Waals surface area contributed by atoms with Crippen molar-refractivity contribution >= 4 is 39.1 Å². The summed E-state index contributed by atoms with van der Waals surface area (Å²) in [6.07, 6.45) is 0. The predicted molar refractivity (Wildman–Crippen MR) is 135 cm³/mol. The third kappa shape index (κ3) is 6.30. The van der Waals surface area contributed by atoms with Crippen LogP contribution in [0.3, 0.4) is 0 Å². The van der Waals surface area contributed by atoms with Crippen LogP contribution >= 0.6 is 23.2 Å². The number of para-hydroxylation sites is 1. The van der Waals surface area contributed by atoms with Crippen LogP contribution in [0.15, 0.2) is 71.6 Å². The lowest BCUT2D eigenvalue weighted by Crippen LogP contribution is -2.41. The molecule has 1 N–H and O–H groups in total. The van der Waals surface area contributed by atoms with E-state index in [0.29, 0.717) is 21.4 Å². The Labute approximate surface area is 210 Å². The lowest BCUT2D eigenvalue weighted by molar-refractivity contribution is -0.122. The van der Waals surface area contributed by atoms with E-state index in [-0.39, 0.29) is 11.4 Å². The lowest BCUT2D eigenvalue weighted by atomic mass is 10.1. The summed E-state index contributed by atoms with van der Waals surface area (Å²) in [4.78, 5) is 13.1. The highest BCUT2D eigenvalue weighted by molar-refractivity contribution is 7.89. The first-order valence-corrected chi connectivity index (χ1v) is 12.7. The second kappa shape index (κ2) is 11.2. The van der Waals surface area contributed by atoms with Crippen LogP contribution < -0.4 is 10.1 Å². The van der Waals surface area contributed by atoms with Crippen LogP contribution in [-0.2, 0) is 21.4 Å². The maximum Gasteiger partial charge on any atom is 0.243 e. The van der Waals surface area contributed by atoms with E-state index >= 15 is 0 Å². The quantitative estimate of drug-likeness (QED) is 0.411. The van der Waals surface area contributed by atoms with E-state index in [9.17, 15) is 13.2 Å². The summed E-state index contributed by atoms with van der Waals surface area (Å²) < 4.78 is 33.4. The normalized spacial score (nSPS) is 12.4. The molecule has 6 nitrogen and oxygen atoms in total. The first-order valence-electron chi connectivity index (χ1n) is 10.5. The number of hydrogen-bond acceptors (Lipinski definition) is 4. The molecule has 0 saturated heterocycles. The number of nitrogens with one attached hydrogen (secondary N) is 1. The number of ether oxygens (including phenoxy) is 1. The molecule has 0 fully saturated rings. The Morgan fingerprint density at radius 1 is 1.06 bits per heavy atom. The van der Waals surface area contributed by atoms with Crippen LogP contribution in [0.25, 0.3) is 0 Å². The molecular formula is C25H26Cl2N2O4S. The number of halogens is 2. The van der Waals surface area contributed by atoms with Crippen LogP contribution in [0.5, 0.6) is 5.75 Å². The van der Waals surface area contributed by atoms with Crippen LogP contribution in [0.4, 0.5) is 0 Å². The minimum atomic E-state index is -4.00. The van der Waals surface area contributed by atoms with Gasteiger partial charge < -0.3 is 10.1 Å². The highest BCUT2D eigenvalue weighted by Gasteiger charge is 2.28. The smallest absolute Gasteiger partial charge is 0.243 e. The molecule has 0 aliphatic rings. The summed E-state index contributed by atoms with van der Waals surface area (Å²) in [5, 5.41) is 3.62. The Morgan fingerprint density at radius 3 is 2.38 bits per heavy atom. The Hall–Kier alpha value is -2.58. The fraction of sp³-hybridized carbons (Fsp3) is 0.240. The van der Waals surface area contributed by atoms with E-state index in [4.69, 9.17) is 27.9 Å². The van der Waals surface area contributed by atoms with E-state index in [1.165, 1.54) is 12.1 Å². The number of amides is 1. The first kappa shape index (κ1) is 26.0. The minimum Gasteiger partial charge on any atom is -0.496 e. The number of sulfonamides is 1. The van der Waals surface area contributed by atoms with Gasteiger partial charge in [-0.2, -0.15) is 4.31 Å². The van der Waals surface area contributed by atoms with Gasteiger partial charge in [0.15, 0.2) is 0 Å². The SMILES string of the molecule is COc1ccccc1C(C)NC(=O)CN(Cc1ccc(Cl)cc1Cl)S(=O)(=O)c1ccc(C)cc1. The summed E-state index contributed by atoms with van der Waals surface area (Å²) in [5.74, 6) is 0.173. The summed E-state index contributed by atoms with van der Waals surface area (Å²) >= 11 is 12.3. The largest absolute Gasteiger partial charge is 0.496 e. The number of nitrogens with zero attached hydrogens (tertiary/aromatic N) is 1. The molecule has 34 heavy (non-hydrogen) atoms. The highest BCUT2D eigenvalue weighted by Crippen LogP contribution is 2.27. The molecule has 0 aliphatic carbocycles. The topological polar surface area (TPSA) is 75.7 Å². The zero-order valence-electron chi connectivity index (χ0n) is 19.1. The number of carbonyl (C=O) groups is 1. The maximum absolute atomic E-state index is 13.5. The van der Waals surface area contributed by atoms with Gasteiger partial charge in [0.25, 0.3) is 0 Å². The van der Waals surface area contributed by atoms with Gasteiger partial charge >= 0.3 is 0 Å². The monoisotopic (exact) mass is 520 g/mol. The van der Waals surface area contributed by atoms with Gasteiger partial charge in [-0.3, -0.25) is 4.79 Å². The third-order valence-electron chi connectivity index (χ3n) is 5.32. The first-order chi connectivity index (χ1) is 16.1. The van der Waals surface area contributed by atoms with E-state index in [1.807, 2.05) is 32.0 Å². The molecule has 0 aromatic heterocycles. The van der Waals surface area contributed by atoms with Crippen LogP contribution in [0, 0.1) is 6.92 Å². The van der Waals surface area contributed by atoms with Gasteiger partial charge in [0.05, 0.1) is 24.6 Å². The summed E-state index contributed by atoms with van der Waals surface area (Å²) in [6, 6.07) is 18.2. The van der Waals surface area contributed by atoms with Gasteiger partial charge in [-0.25, -0.2) is 8.42 Å². The zero-order chi connectivity index (χ0) is 24.9. The van der Waals surface area contributed by atoms with Crippen molar-refractivity contribution in [3.05, 3.63) is 93.5 Å². The predicted octanol–water partition coefficient (Wildman–Crippen LogP) is 5.38. The fourth-order valence-corrected chi connectivity index (χ4v) is 5.32. The second-order valence-corrected chi connectivity index (χ2v) is 10.6. The van der Waals surface area contributed by atoms with Crippen molar-refractivity contribution in [2.75, 3.05) is 13.7 Å². The maximum atomic E-state index is 13.5. The molecule has 0 saturated carbocycles. The molecule has 3 aromatic carbocycles.